The SMILES string of the molecule is CC1(F)CCC(n2ncc3c(=O)[nH]c(Cc4ccccc4-n4cccn4)nc32)CC1. The first-order chi connectivity index (χ1) is 14.5. The lowest BCUT2D eigenvalue weighted by Crippen LogP contribution is -2.28. The Morgan fingerprint density at radius 2 is 2.00 bits per heavy atom. The number of H-pyrrole nitrogens is 1. The minimum Gasteiger partial charge on any atom is -0.310 e. The van der Waals surface area contributed by atoms with Crippen molar-refractivity contribution in [2.75, 3.05) is 0 Å². The number of alkyl halides is 1. The van der Waals surface area contributed by atoms with Crippen LogP contribution in [0.3, 0.4) is 0 Å². The molecule has 0 spiro atoms. The van der Waals surface area contributed by atoms with E-state index < -0.39 is 5.67 Å². The van der Waals surface area contributed by atoms with Gasteiger partial charge in [-0.05, 0) is 50.3 Å². The van der Waals surface area contributed by atoms with E-state index in [0.717, 1.165) is 11.3 Å². The predicted octanol–water partition coefficient (Wildman–Crippen LogP) is 3.74. The fourth-order valence-electron chi connectivity index (χ4n) is 4.26. The number of halogens is 1. The summed E-state index contributed by atoms with van der Waals surface area (Å²) in [6.45, 7) is 1.66. The molecule has 0 amide bonds. The summed E-state index contributed by atoms with van der Waals surface area (Å²) in [5.41, 5.74) is 1.18. The minimum absolute atomic E-state index is 0.0600. The molecule has 0 atom stereocenters. The Kier molecular flexibility index (Phi) is 4.49. The van der Waals surface area contributed by atoms with Gasteiger partial charge in [-0.1, -0.05) is 18.2 Å². The Labute approximate surface area is 172 Å². The van der Waals surface area contributed by atoms with Crippen molar-refractivity contribution in [3.05, 3.63) is 70.7 Å². The van der Waals surface area contributed by atoms with Gasteiger partial charge < -0.3 is 4.98 Å². The average molecular weight is 406 g/mol. The highest BCUT2D eigenvalue weighted by molar-refractivity contribution is 5.73. The number of fused-ring (bicyclic) bond motifs is 1. The standard InChI is InChI=1S/C22H23FN6O/c1-22(23)9-7-16(8-10-22)29-20-17(14-25-29)21(30)27-19(26-20)13-15-5-2-3-6-18(15)28-12-4-11-24-28/h2-6,11-12,14,16H,7-10,13H2,1H3,(H,26,27,30). The summed E-state index contributed by atoms with van der Waals surface area (Å²) in [6, 6.07) is 9.83. The molecular formula is C22H23FN6O. The summed E-state index contributed by atoms with van der Waals surface area (Å²) in [6.07, 6.45) is 8.00. The van der Waals surface area contributed by atoms with Crippen molar-refractivity contribution >= 4 is 11.0 Å². The van der Waals surface area contributed by atoms with Crippen LogP contribution in [-0.4, -0.2) is 35.2 Å². The second-order valence-corrected chi connectivity index (χ2v) is 8.24. The van der Waals surface area contributed by atoms with Crippen molar-refractivity contribution in [2.24, 2.45) is 0 Å². The van der Waals surface area contributed by atoms with Crippen molar-refractivity contribution in [1.29, 1.82) is 0 Å². The van der Waals surface area contributed by atoms with Crippen LogP contribution < -0.4 is 5.56 Å². The Balaban J connectivity index is 1.51. The fraction of sp³-hybridized carbons (Fsp3) is 0.364. The number of benzene rings is 1. The van der Waals surface area contributed by atoms with Gasteiger partial charge in [-0.15, -0.1) is 0 Å². The van der Waals surface area contributed by atoms with Crippen molar-refractivity contribution in [1.82, 2.24) is 29.5 Å². The third-order valence-electron chi connectivity index (χ3n) is 5.96. The van der Waals surface area contributed by atoms with Crippen LogP contribution in [-0.2, 0) is 6.42 Å². The quantitative estimate of drug-likeness (QED) is 0.560. The lowest BCUT2D eigenvalue weighted by Gasteiger charge is -2.31. The summed E-state index contributed by atoms with van der Waals surface area (Å²) < 4.78 is 17.8. The molecule has 1 aliphatic rings. The monoisotopic (exact) mass is 406 g/mol. The second kappa shape index (κ2) is 7.19. The van der Waals surface area contributed by atoms with E-state index in [9.17, 15) is 9.18 Å². The molecule has 8 heteroatoms. The molecule has 1 N–H and O–H groups in total. The molecule has 0 bridgehead atoms. The predicted molar refractivity (Wildman–Crippen MR) is 112 cm³/mol. The van der Waals surface area contributed by atoms with Crippen LogP contribution in [0.5, 0.6) is 0 Å². The number of hydrogen-bond acceptors (Lipinski definition) is 4. The van der Waals surface area contributed by atoms with Gasteiger partial charge in [0.25, 0.3) is 5.56 Å². The minimum atomic E-state index is -1.12. The van der Waals surface area contributed by atoms with Gasteiger partial charge in [0.1, 0.15) is 16.9 Å². The zero-order chi connectivity index (χ0) is 20.7. The number of aromatic nitrogens is 6. The van der Waals surface area contributed by atoms with Crippen LogP contribution in [0.25, 0.3) is 16.7 Å². The zero-order valence-electron chi connectivity index (χ0n) is 16.8. The van der Waals surface area contributed by atoms with E-state index in [1.165, 1.54) is 0 Å². The fourth-order valence-corrected chi connectivity index (χ4v) is 4.26. The lowest BCUT2D eigenvalue weighted by molar-refractivity contribution is 0.103. The molecule has 1 fully saturated rings. The lowest BCUT2D eigenvalue weighted by atomic mass is 9.85. The van der Waals surface area contributed by atoms with Crippen LogP contribution in [0.2, 0.25) is 0 Å². The number of rotatable bonds is 4. The summed E-state index contributed by atoms with van der Waals surface area (Å²) in [4.78, 5) is 20.3. The Morgan fingerprint density at radius 1 is 1.20 bits per heavy atom. The van der Waals surface area contributed by atoms with Gasteiger partial charge in [-0.3, -0.25) is 4.79 Å². The largest absolute Gasteiger partial charge is 0.310 e. The van der Waals surface area contributed by atoms with Gasteiger partial charge in [0.15, 0.2) is 5.65 Å². The summed E-state index contributed by atoms with van der Waals surface area (Å²) in [5, 5.41) is 9.21. The van der Waals surface area contributed by atoms with Crippen LogP contribution in [0.15, 0.2) is 53.7 Å². The molecule has 154 valence electrons. The molecule has 7 nitrogen and oxygen atoms in total. The number of aromatic amines is 1. The smallest absolute Gasteiger partial charge is 0.262 e. The number of hydrogen-bond donors (Lipinski definition) is 1. The number of para-hydroxylation sites is 1. The van der Waals surface area contributed by atoms with Gasteiger partial charge in [0.2, 0.25) is 0 Å². The average Bonchev–Trinajstić information content (AvgIpc) is 3.39. The Hall–Kier alpha value is -3.29. The third kappa shape index (κ3) is 3.42. The van der Waals surface area contributed by atoms with Gasteiger partial charge in [-0.25, -0.2) is 18.7 Å². The van der Waals surface area contributed by atoms with Crippen LogP contribution in [0.1, 0.15) is 50.0 Å². The maximum absolute atomic E-state index is 14.2. The topological polar surface area (TPSA) is 81.4 Å². The van der Waals surface area contributed by atoms with Crippen molar-refractivity contribution in [3.63, 3.8) is 0 Å². The van der Waals surface area contributed by atoms with Gasteiger partial charge in [0, 0.05) is 18.8 Å². The first-order valence-corrected chi connectivity index (χ1v) is 10.2. The van der Waals surface area contributed by atoms with Gasteiger partial charge >= 0.3 is 0 Å². The van der Waals surface area contributed by atoms with E-state index in [2.05, 4.69) is 15.2 Å². The molecule has 0 radical (unpaired) electrons. The van der Waals surface area contributed by atoms with E-state index >= 15 is 0 Å². The van der Waals surface area contributed by atoms with Crippen LogP contribution in [0, 0.1) is 0 Å². The van der Waals surface area contributed by atoms with Crippen molar-refractivity contribution in [2.45, 2.75) is 50.7 Å². The summed E-state index contributed by atoms with van der Waals surface area (Å²) >= 11 is 0. The van der Waals surface area contributed by atoms with E-state index in [1.807, 2.05) is 41.2 Å². The molecular weight excluding hydrogens is 383 g/mol. The molecule has 1 aromatic carbocycles. The highest BCUT2D eigenvalue weighted by atomic mass is 19.1. The molecule has 30 heavy (non-hydrogen) atoms. The maximum Gasteiger partial charge on any atom is 0.262 e. The summed E-state index contributed by atoms with van der Waals surface area (Å²) in [5.74, 6) is 0.569. The maximum atomic E-state index is 14.2. The normalized spacial score (nSPS) is 21.9. The molecule has 0 unspecified atom stereocenters. The molecule has 4 aromatic rings. The van der Waals surface area contributed by atoms with Gasteiger partial charge in [0.05, 0.1) is 17.9 Å². The van der Waals surface area contributed by atoms with E-state index in [0.29, 0.717) is 49.0 Å². The highest BCUT2D eigenvalue weighted by Crippen LogP contribution is 2.37. The molecule has 0 aliphatic heterocycles. The van der Waals surface area contributed by atoms with Crippen molar-refractivity contribution < 1.29 is 4.39 Å². The zero-order valence-corrected chi connectivity index (χ0v) is 16.8. The highest BCUT2D eigenvalue weighted by Gasteiger charge is 2.32. The van der Waals surface area contributed by atoms with Crippen molar-refractivity contribution in [3.8, 4) is 5.69 Å². The Morgan fingerprint density at radius 3 is 2.77 bits per heavy atom. The molecule has 5 rings (SSSR count). The molecule has 3 aromatic heterocycles. The van der Waals surface area contributed by atoms with Gasteiger partial charge in [-0.2, -0.15) is 10.2 Å². The van der Waals surface area contributed by atoms with Crippen LogP contribution in [0.4, 0.5) is 4.39 Å². The second-order valence-electron chi connectivity index (χ2n) is 8.24. The Bertz CT molecular complexity index is 1230. The molecule has 1 aliphatic carbocycles. The first kappa shape index (κ1) is 18.7. The number of nitrogens with zero attached hydrogens (tertiary/aromatic N) is 5. The summed E-state index contributed by atoms with van der Waals surface area (Å²) in [7, 11) is 0. The van der Waals surface area contributed by atoms with E-state index in [1.54, 1.807) is 24.0 Å². The molecule has 3 heterocycles. The van der Waals surface area contributed by atoms with E-state index in [-0.39, 0.29) is 11.6 Å². The number of nitrogens with one attached hydrogen (secondary N) is 1. The van der Waals surface area contributed by atoms with E-state index in [4.69, 9.17) is 4.98 Å². The first-order valence-electron chi connectivity index (χ1n) is 10.2. The third-order valence-corrected chi connectivity index (χ3v) is 5.96. The molecule has 1 saturated carbocycles. The molecule has 0 saturated heterocycles. The van der Waals surface area contributed by atoms with Crippen LogP contribution >= 0.6 is 0 Å².